The highest BCUT2D eigenvalue weighted by Gasteiger charge is 2.09. The van der Waals surface area contributed by atoms with E-state index in [0.717, 1.165) is 5.69 Å². The molecule has 110 valence electrons. The molecule has 0 saturated carbocycles. The molecule has 0 spiro atoms. The van der Waals surface area contributed by atoms with Crippen LogP contribution in [0.3, 0.4) is 0 Å². The fourth-order valence-electron chi connectivity index (χ4n) is 1.48. The number of hydrogen-bond acceptors (Lipinski definition) is 4. The van der Waals surface area contributed by atoms with Gasteiger partial charge in [-0.05, 0) is 27.9 Å². The van der Waals surface area contributed by atoms with Gasteiger partial charge in [0.15, 0.2) is 0 Å². The van der Waals surface area contributed by atoms with E-state index in [1.54, 1.807) is 6.07 Å². The summed E-state index contributed by atoms with van der Waals surface area (Å²) in [6, 6.07) is 4.47. The zero-order valence-corrected chi connectivity index (χ0v) is 13.1. The highest BCUT2D eigenvalue weighted by Crippen LogP contribution is 2.26. The van der Waals surface area contributed by atoms with Gasteiger partial charge in [-0.25, -0.2) is 0 Å². The van der Waals surface area contributed by atoms with Crippen LogP contribution < -0.4 is 10.6 Å². The summed E-state index contributed by atoms with van der Waals surface area (Å²) in [6.07, 6.45) is 0.357. The average molecular weight is 344 g/mol. The standard InChI is InChI=1S/C13H18BrN3O3/c1-9(2)8-16-13(18)5-6-15-12-4-3-10(17(19)20)7-11(12)14/h3-4,7,9,15H,5-6,8H2,1-2H3,(H,16,18). The van der Waals surface area contributed by atoms with E-state index in [4.69, 9.17) is 0 Å². The number of carbonyl (C=O) groups excluding carboxylic acids is 1. The number of nitro benzene ring substituents is 1. The Morgan fingerprint density at radius 2 is 2.15 bits per heavy atom. The van der Waals surface area contributed by atoms with Crippen molar-refractivity contribution in [2.24, 2.45) is 5.92 Å². The lowest BCUT2D eigenvalue weighted by atomic mass is 10.2. The van der Waals surface area contributed by atoms with Crippen molar-refractivity contribution in [2.75, 3.05) is 18.4 Å². The van der Waals surface area contributed by atoms with E-state index in [1.807, 2.05) is 13.8 Å². The van der Waals surface area contributed by atoms with Crippen molar-refractivity contribution in [1.82, 2.24) is 5.32 Å². The number of amides is 1. The van der Waals surface area contributed by atoms with Gasteiger partial charge in [-0.15, -0.1) is 0 Å². The van der Waals surface area contributed by atoms with E-state index < -0.39 is 4.92 Å². The predicted octanol–water partition coefficient (Wildman–Crippen LogP) is 2.93. The van der Waals surface area contributed by atoms with Gasteiger partial charge in [0, 0.05) is 41.8 Å². The Morgan fingerprint density at radius 3 is 2.70 bits per heavy atom. The smallest absolute Gasteiger partial charge is 0.270 e. The van der Waals surface area contributed by atoms with Gasteiger partial charge in [-0.3, -0.25) is 14.9 Å². The molecule has 0 aliphatic heterocycles. The Kier molecular flexibility index (Phi) is 6.44. The van der Waals surface area contributed by atoms with Crippen molar-refractivity contribution in [1.29, 1.82) is 0 Å². The molecule has 6 nitrogen and oxygen atoms in total. The van der Waals surface area contributed by atoms with E-state index in [2.05, 4.69) is 26.6 Å². The third-order valence-electron chi connectivity index (χ3n) is 2.54. The SMILES string of the molecule is CC(C)CNC(=O)CCNc1ccc([N+](=O)[O-])cc1Br. The highest BCUT2D eigenvalue weighted by molar-refractivity contribution is 9.10. The third kappa shape index (κ3) is 5.56. The topological polar surface area (TPSA) is 84.3 Å². The van der Waals surface area contributed by atoms with Crippen molar-refractivity contribution in [2.45, 2.75) is 20.3 Å². The number of anilines is 1. The Bertz CT molecular complexity index is 492. The van der Waals surface area contributed by atoms with Crippen LogP contribution >= 0.6 is 15.9 Å². The molecule has 1 aromatic rings. The lowest BCUT2D eigenvalue weighted by molar-refractivity contribution is -0.384. The first-order valence-corrected chi connectivity index (χ1v) is 7.14. The number of carbonyl (C=O) groups is 1. The second-order valence-corrected chi connectivity index (χ2v) is 5.65. The summed E-state index contributed by atoms with van der Waals surface area (Å²) in [5, 5.41) is 16.5. The summed E-state index contributed by atoms with van der Waals surface area (Å²) in [6.45, 7) is 5.21. The Hall–Kier alpha value is -1.63. The number of halogens is 1. The molecule has 0 fully saturated rings. The molecule has 1 amide bonds. The van der Waals surface area contributed by atoms with Crippen molar-refractivity contribution in [3.8, 4) is 0 Å². The molecular formula is C13H18BrN3O3. The summed E-state index contributed by atoms with van der Waals surface area (Å²) in [7, 11) is 0. The molecule has 2 N–H and O–H groups in total. The Morgan fingerprint density at radius 1 is 1.45 bits per heavy atom. The Labute approximate surface area is 126 Å². The van der Waals surface area contributed by atoms with Crippen molar-refractivity contribution < 1.29 is 9.72 Å². The number of hydrogen-bond donors (Lipinski definition) is 2. The number of nitrogens with zero attached hydrogens (tertiary/aromatic N) is 1. The maximum Gasteiger partial charge on any atom is 0.270 e. The van der Waals surface area contributed by atoms with Crippen LogP contribution in [0.2, 0.25) is 0 Å². The van der Waals surface area contributed by atoms with E-state index in [0.29, 0.717) is 29.9 Å². The summed E-state index contributed by atoms with van der Waals surface area (Å²) >= 11 is 3.26. The van der Waals surface area contributed by atoms with Gasteiger partial charge in [0.2, 0.25) is 5.91 Å². The summed E-state index contributed by atoms with van der Waals surface area (Å²) in [4.78, 5) is 21.7. The monoisotopic (exact) mass is 343 g/mol. The quantitative estimate of drug-likeness (QED) is 0.588. The number of rotatable bonds is 7. The first-order valence-electron chi connectivity index (χ1n) is 6.34. The van der Waals surface area contributed by atoms with Crippen LogP contribution in [-0.4, -0.2) is 23.9 Å². The molecular weight excluding hydrogens is 326 g/mol. The van der Waals surface area contributed by atoms with Gasteiger partial charge in [0.25, 0.3) is 5.69 Å². The minimum Gasteiger partial charge on any atom is -0.384 e. The first-order chi connectivity index (χ1) is 9.40. The molecule has 0 aliphatic carbocycles. The van der Waals surface area contributed by atoms with Gasteiger partial charge in [0.05, 0.1) is 4.92 Å². The second-order valence-electron chi connectivity index (χ2n) is 4.80. The molecule has 0 radical (unpaired) electrons. The van der Waals surface area contributed by atoms with E-state index in [1.165, 1.54) is 12.1 Å². The lowest BCUT2D eigenvalue weighted by Gasteiger charge is -2.10. The number of nitro groups is 1. The summed E-state index contributed by atoms with van der Waals surface area (Å²) < 4.78 is 0.606. The zero-order chi connectivity index (χ0) is 15.1. The molecule has 0 heterocycles. The van der Waals surface area contributed by atoms with Crippen molar-refractivity contribution >= 4 is 33.2 Å². The zero-order valence-electron chi connectivity index (χ0n) is 11.5. The molecule has 0 aliphatic rings. The molecule has 0 aromatic heterocycles. The van der Waals surface area contributed by atoms with Crippen LogP contribution in [0.4, 0.5) is 11.4 Å². The second kappa shape index (κ2) is 7.84. The van der Waals surface area contributed by atoms with E-state index in [9.17, 15) is 14.9 Å². The predicted molar refractivity (Wildman–Crippen MR) is 81.8 cm³/mol. The van der Waals surface area contributed by atoms with Crippen LogP contribution in [0.15, 0.2) is 22.7 Å². The van der Waals surface area contributed by atoms with Crippen LogP contribution in [0.25, 0.3) is 0 Å². The molecule has 0 atom stereocenters. The average Bonchev–Trinajstić information content (AvgIpc) is 2.38. The van der Waals surface area contributed by atoms with Crippen LogP contribution in [-0.2, 0) is 4.79 Å². The maximum absolute atomic E-state index is 11.5. The van der Waals surface area contributed by atoms with Gasteiger partial charge in [-0.1, -0.05) is 13.8 Å². The first kappa shape index (κ1) is 16.4. The van der Waals surface area contributed by atoms with Gasteiger partial charge < -0.3 is 10.6 Å². The van der Waals surface area contributed by atoms with Crippen LogP contribution in [0.5, 0.6) is 0 Å². The third-order valence-corrected chi connectivity index (χ3v) is 3.19. The minimum absolute atomic E-state index is 0.00997. The van der Waals surface area contributed by atoms with Gasteiger partial charge in [-0.2, -0.15) is 0 Å². The maximum atomic E-state index is 11.5. The lowest BCUT2D eigenvalue weighted by Crippen LogP contribution is -2.28. The molecule has 1 rings (SSSR count). The van der Waals surface area contributed by atoms with Crippen LogP contribution in [0.1, 0.15) is 20.3 Å². The van der Waals surface area contributed by atoms with Gasteiger partial charge >= 0.3 is 0 Å². The summed E-state index contributed by atoms with van der Waals surface area (Å²) in [5.74, 6) is 0.417. The normalized spacial score (nSPS) is 10.4. The minimum atomic E-state index is -0.450. The van der Waals surface area contributed by atoms with Gasteiger partial charge in [0.1, 0.15) is 0 Å². The van der Waals surface area contributed by atoms with Crippen molar-refractivity contribution in [3.05, 3.63) is 32.8 Å². The molecule has 1 aromatic carbocycles. The Balaban J connectivity index is 2.42. The number of benzene rings is 1. The van der Waals surface area contributed by atoms with E-state index in [-0.39, 0.29) is 11.6 Å². The number of nitrogens with one attached hydrogen (secondary N) is 2. The highest BCUT2D eigenvalue weighted by atomic mass is 79.9. The largest absolute Gasteiger partial charge is 0.384 e. The van der Waals surface area contributed by atoms with Crippen LogP contribution in [0, 0.1) is 16.0 Å². The summed E-state index contributed by atoms with van der Waals surface area (Å²) in [5.41, 5.74) is 0.754. The molecule has 20 heavy (non-hydrogen) atoms. The molecule has 0 unspecified atom stereocenters. The fourth-order valence-corrected chi connectivity index (χ4v) is 1.98. The fraction of sp³-hybridized carbons (Fsp3) is 0.462. The molecule has 0 bridgehead atoms. The molecule has 7 heteroatoms. The molecule has 0 saturated heterocycles. The van der Waals surface area contributed by atoms with E-state index >= 15 is 0 Å². The van der Waals surface area contributed by atoms with Crippen molar-refractivity contribution in [3.63, 3.8) is 0 Å². The number of non-ortho nitro benzene ring substituents is 1.